The molecule has 56 valence electrons. The van der Waals surface area contributed by atoms with Gasteiger partial charge in [-0.2, -0.15) is 0 Å². The average molecular weight is 147 g/mol. The van der Waals surface area contributed by atoms with Crippen LogP contribution in [0, 0.1) is 0 Å². The Labute approximate surface area is 65.3 Å². The molecule has 11 heavy (non-hydrogen) atoms. The summed E-state index contributed by atoms with van der Waals surface area (Å²) < 4.78 is 5.24. The number of benzene rings is 1. The zero-order valence-corrected chi connectivity index (χ0v) is 6.08. The summed E-state index contributed by atoms with van der Waals surface area (Å²) in [5, 5.41) is 0. The molecule has 0 saturated carbocycles. The second-order valence-electron chi connectivity index (χ2n) is 2.56. The Bertz CT molecular complexity index is 304. The number of anilines is 1. The number of allylic oxidation sites excluding steroid dienone is 1. The van der Waals surface area contributed by atoms with E-state index >= 15 is 0 Å². The Balaban J connectivity index is 2.48. The van der Waals surface area contributed by atoms with Crippen molar-refractivity contribution in [2.45, 2.75) is 6.42 Å². The Morgan fingerprint density at radius 1 is 1.36 bits per heavy atom. The summed E-state index contributed by atoms with van der Waals surface area (Å²) in [6.07, 6.45) is 4.60. The topological polar surface area (TPSA) is 35.2 Å². The third kappa shape index (κ3) is 1.07. The molecule has 0 saturated heterocycles. The van der Waals surface area contributed by atoms with Crippen LogP contribution in [0.25, 0.3) is 0 Å². The fourth-order valence-electron chi connectivity index (χ4n) is 1.17. The number of hydrogen-bond acceptors (Lipinski definition) is 2. The Hall–Kier alpha value is -1.44. The summed E-state index contributed by atoms with van der Waals surface area (Å²) in [5.41, 5.74) is 7.56. The molecule has 2 nitrogen and oxygen atoms in total. The molecule has 0 aromatic heterocycles. The summed E-state index contributed by atoms with van der Waals surface area (Å²) in [4.78, 5) is 0. The first-order chi connectivity index (χ1) is 5.36. The molecule has 1 aliphatic rings. The number of hydrogen-bond donors (Lipinski definition) is 1. The van der Waals surface area contributed by atoms with E-state index in [0.717, 1.165) is 23.4 Å². The fraction of sp³-hybridized carbons (Fsp3) is 0.111. The van der Waals surface area contributed by atoms with E-state index in [1.165, 1.54) is 0 Å². The zero-order valence-electron chi connectivity index (χ0n) is 6.08. The number of rotatable bonds is 0. The second kappa shape index (κ2) is 2.31. The normalized spacial score (nSPS) is 13.8. The van der Waals surface area contributed by atoms with Crippen molar-refractivity contribution in [3.05, 3.63) is 36.1 Å². The predicted octanol–water partition coefficient (Wildman–Crippen LogP) is 1.72. The molecule has 0 spiro atoms. The minimum atomic E-state index is 0.794. The highest BCUT2D eigenvalue weighted by Crippen LogP contribution is 2.24. The maximum absolute atomic E-state index is 5.60. The lowest BCUT2D eigenvalue weighted by Gasteiger charge is -2.11. The van der Waals surface area contributed by atoms with Crippen LogP contribution in [-0.4, -0.2) is 0 Å². The summed E-state index contributed by atoms with van der Waals surface area (Å²) >= 11 is 0. The maximum atomic E-state index is 5.60. The molecule has 1 aromatic rings. The van der Waals surface area contributed by atoms with Gasteiger partial charge in [0.2, 0.25) is 0 Å². The highest BCUT2D eigenvalue weighted by atomic mass is 16.5. The molecule has 0 bridgehead atoms. The third-order valence-electron chi connectivity index (χ3n) is 1.71. The van der Waals surface area contributed by atoms with Crippen LogP contribution in [0.2, 0.25) is 0 Å². The lowest BCUT2D eigenvalue weighted by Crippen LogP contribution is -1.97. The monoisotopic (exact) mass is 147 g/mol. The van der Waals surface area contributed by atoms with E-state index in [2.05, 4.69) is 0 Å². The molecule has 0 amide bonds. The van der Waals surface area contributed by atoms with Crippen LogP contribution in [0.15, 0.2) is 30.5 Å². The summed E-state index contributed by atoms with van der Waals surface area (Å²) in [7, 11) is 0. The number of nitrogens with two attached hydrogens (primary N) is 1. The molecule has 0 fully saturated rings. The number of nitrogen functional groups attached to an aromatic ring is 1. The quantitative estimate of drug-likeness (QED) is 0.567. The van der Waals surface area contributed by atoms with Crippen molar-refractivity contribution in [1.29, 1.82) is 0 Å². The standard InChI is InChI=1S/C9H9NO/c10-8-3-4-9-7(6-8)2-1-5-11-9/h1,3-6H,2,10H2. The molecule has 2 N–H and O–H groups in total. The van der Waals surface area contributed by atoms with E-state index in [1.54, 1.807) is 6.26 Å². The number of fused-ring (bicyclic) bond motifs is 1. The van der Waals surface area contributed by atoms with E-state index in [4.69, 9.17) is 10.5 Å². The lowest BCUT2D eigenvalue weighted by atomic mass is 10.1. The first kappa shape index (κ1) is 6.28. The van der Waals surface area contributed by atoms with Crippen molar-refractivity contribution in [3.8, 4) is 5.75 Å². The Morgan fingerprint density at radius 3 is 3.18 bits per heavy atom. The fourth-order valence-corrected chi connectivity index (χ4v) is 1.17. The van der Waals surface area contributed by atoms with Crippen molar-refractivity contribution in [2.24, 2.45) is 0 Å². The van der Waals surface area contributed by atoms with Gasteiger partial charge in [0.25, 0.3) is 0 Å². The van der Waals surface area contributed by atoms with E-state index in [1.807, 2.05) is 24.3 Å². The van der Waals surface area contributed by atoms with Crippen LogP contribution in [0.3, 0.4) is 0 Å². The molecule has 0 atom stereocenters. The van der Waals surface area contributed by atoms with Crippen LogP contribution in [0.1, 0.15) is 5.56 Å². The highest BCUT2D eigenvalue weighted by molar-refractivity contribution is 5.49. The van der Waals surface area contributed by atoms with Crippen LogP contribution in [0.4, 0.5) is 5.69 Å². The van der Waals surface area contributed by atoms with Gasteiger partial charge >= 0.3 is 0 Å². The highest BCUT2D eigenvalue weighted by Gasteiger charge is 2.04. The minimum absolute atomic E-state index is 0.794. The van der Waals surface area contributed by atoms with Gasteiger partial charge in [0, 0.05) is 11.3 Å². The molecule has 0 unspecified atom stereocenters. The van der Waals surface area contributed by atoms with Crippen molar-refractivity contribution in [3.63, 3.8) is 0 Å². The molecule has 2 rings (SSSR count). The van der Waals surface area contributed by atoms with E-state index in [0.29, 0.717) is 0 Å². The van der Waals surface area contributed by atoms with Crippen LogP contribution >= 0.6 is 0 Å². The third-order valence-corrected chi connectivity index (χ3v) is 1.71. The van der Waals surface area contributed by atoms with Gasteiger partial charge in [-0.15, -0.1) is 0 Å². The molecule has 2 heteroatoms. The molecule has 1 aromatic carbocycles. The van der Waals surface area contributed by atoms with Gasteiger partial charge in [-0.1, -0.05) is 0 Å². The Kier molecular flexibility index (Phi) is 1.32. The van der Waals surface area contributed by atoms with Gasteiger partial charge in [0.15, 0.2) is 0 Å². The van der Waals surface area contributed by atoms with Crippen LogP contribution in [-0.2, 0) is 6.42 Å². The summed E-state index contributed by atoms with van der Waals surface area (Å²) in [5.74, 6) is 0.918. The molecule has 0 radical (unpaired) electrons. The van der Waals surface area contributed by atoms with E-state index < -0.39 is 0 Å². The SMILES string of the molecule is Nc1ccc2c(c1)CC=CO2. The first-order valence-corrected chi connectivity index (χ1v) is 3.56. The zero-order chi connectivity index (χ0) is 7.68. The molecular formula is C9H9NO. The van der Waals surface area contributed by atoms with Gasteiger partial charge < -0.3 is 10.5 Å². The van der Waals surface area contributed by atoms with Crippen LogP contribution in [0.5, 0.6) is 5.75 Å². The molecular weight excluding hydrogens is 138 g/mol. The minimum Gasteiger partial charge on any atom is -0.465 e. The van der Waals surface area contributed by atoms with Gasteiger partial charge in [-0.25, -0.2) is 0 Å². The summed E-state index contributed by atoms with van der Waals surface area (Å²) in [6, 6.07) is 5.69. The van der Waals surface area contributed by atoms with Crippen molar-refractivity contribution in [1.82, 2.24) is 0 Å². The Morgan fingerprint density at radius 2 is 2.27 bits per heavy atom. The van der Waals surface area contributed by atoms with E-state index in [-0.39, 0.29) is 0 Å². The molecule has 1 heterocycles. The van der Waals surface area contributed by atoms with Gasteiger partial charge in [-0.05, 0) is 30.7 Å². The largest absolute Gasteiger partial charge is 0.465 e. The van der Waals surface area contributed by atoms with Gasteiger partial charge in [0.1, 0.15) is 5.75 Å². The first-order valence-electron chi connectivity index (χ1n) is 3.56. The van der Waals surface area contributed by atoms with E-state index in [9.17, 15) is 0 Å². The van der Waals surface area contributed by atoms with Crippen LogP contribution < -0.4 is 10.5 Å². The van der Waals surface area contributed by atoms with Crippen molar-refractivity contribution in [2.75, 3.05) is 5.73 Å². The maximum Gasteiger partial charge on any atom is 0.130 e. The van der Waals surface area contributed by atoms with Crippen molar-refractivity contribution >= 4 is 5.69 Å². The van der Waals surface area contributed by atoms with Gasteiger partial charge in [0.05, 0.1) is 6.26 Å². The molecule has 0 aliphatic carbocycles. The molecule has 1 aliphatic heterocycles. The number of ether oxygens (including phenoxy) is 1. The lowest BCUT2D eigenvalue weighted by molar-refractivity contribution is 0.465. The smallest absolute Gasteiger partial charge is 0.130 e. The predicted molar refractivity (Wildman–Crippen MR) is 44.3 cm³/mol. The van der Waals surface area contributed by atoms with Gasteiger partial charge in [-0.3, -0.25) is 0 Å². The summed E-state index contributed by atoms with van der Waals surface area (Å²) in [6.45, 7) is 0. The average Bonchev–Trinajstić information content (AvgIpc) is 2.04. The second-order valence-corrected chi connectivity index (χ2v) is 2.56. The van der Waals surface area contributed by atoms with Crippen molar-refractivity contribution < 1.29 is 4.74 Å².